The van der Waals surface area contributed by atoms with E-state index in [0.717, 1.165) is 19.3 Å². The smallest absolute Gasteiger partial charge is 0.0568 e. The van der Waals surface area contributed by atoms with Gasteiger partial charge in [-0.1, -0.05) is 24.3 Å². The van der Waals surface area contributed by atoms with Gasteiger partial charge in [-0.25, -0.2) is 0 Å². The van der Waals surface area contributed by atoms with E-state index in [1.165, 1.54) is 11.1 Å². The quantitative estimate of drug-likeness (QED) is 0.799. The first-order chi connectivity index (χ1) is 7.31. The molecule has 2 atom stereocenters. The number of rotatable bonds is 5. The molecule has 0 radical (unpaired) electrons. The SMILES string of the molecule is COCCC(O)CC1Cc2ccccc21. The number of aliphatic hydroxyl groups excluding tert-OH is 1. The van der Waals surface area contributed by atoms with Crippen molar-refractivity contribution < 1.29 is 9.84 Å². The lowest BCUT2D eigenvalue weighted by Gasteiger charge is -2.31. The van der Waals surface area contributed by atoms with Crippen LogP contribution in [0.1, 0.15) is 29.9 Å². The number of hydrogen-bond acceptors (Lipinski definition) is 2. The molecule has 1 N–H and O–H groups in total. The molecule has 2 rings (SSSR count). The second kappa shape index (κ2) is 4.77. The summed E-state index contributed by atoms with van der Waals surface area (Å²) in [7, 11) is 1.67. The van der Waals surface area contributed by atoms with Gasteiger partial charge in [0.25, 0.3) is 0 Å². The Balaban J connectivity index is 1.84. The van der Waals surface area contributed by atoms with Gasteiger partial charge in [0.2, 0.25) is 0 Å². The molecule has 2 nitrogen and oxygen atoms in total. The van der Waals surface area contributed by atoms with Crippen molar-refractivity contribution >= 4 is 0 Å². The lowest BCUT2D eigenvalue weighted by atomic mass is 9.74. The predicted molar refractivity (Wildman–Crippen MR) is 60.0 cm³/mol. The van der Waals surface area contributed by atoms with Gasteiger partial charge in [-0.3, -0.25) is 0 Å². The monoisotopic (exact) mass is 206 g/mol. The fraction of sp³-hybridized carbons (Fsp3) is 0.538. The van der Waals surface area contributed by atoms with Crippen LogP contribution in [0.3, 0.4) is 0 Å². The maximum absolute atomic E-state index is 9.76. The van der Waals surface area contributed by atoms with Gasteiger partial charge in [-0.15, -0.1) is 0 Å². The number of benzene rings is 1. The molecule has 0 amide bonds. The van der Waals surface area contributed by atoms with E-state index in [4.69, 9.17) is 4.74 Å². The lowest BCUT2D eigenvalue weighted by molar-refractivity contribution is 0.0967. The van der Waals surface area contributed by atoms with Crippen molar-refractivity contribution in [3.63, 3.8) is 0 Å². The van der Waals surface area contributed by atoms with Crippen molar-refractivity contribution in [3.05, 3.63) is 35.4 Å². The topological polar surface area (TPSA) is 29.5 Å². The minimum atomic E-state index is -0.219. The van der Waals surface area contributed by atoms with Crippen LogP contribution in [0.5, 0.6) is 0 Å². The molecule has 1 aromatic rings. The summed E-state index contributed by atoms with van der Waals surface area (Å²) in [6.45, 7) is 0.648. The number of ether oxygens (including phenoxy) is 1. The summed E-state index contributed by atoms with van der Waals surface area (Å²) in [6.07, 6.45) is 2.53. The summed E-state index contributed by atoms with van der Waals surface area (Å²) < 4.78 is 4.96. The third kappa shape index (κ3) is 2.39. The molecule has 0 bridgehead atoms. The number of aliphatic hydroxyl groups is 1. The van der Waals surface area contributed by atoms with Crippen molar-refractivity contribution in [1.82, 2.24) is 0 Å². The Labute approximate surface area is 90.9 Å². The molecule has 82 valence electrons. The van der Waals surface area contributed by atoms with E-state index in [1.807, 2.05) is 0 Å². The fourth-order valence-electron chi connectivity index (χ4n) is 2.27. The minimum Gasteiger partial charge on any atom is -0.393 e. The molecule has 0 fully saturated rings. The first kappa shape index (κ1) is 10.7. The zero-order valence-corrected chi connectivity index (χ0v) is 9.15. The van der Waals surface area contributed by atoms with Gasteiger partial charge < -0.3 is 9.84 Å². The number of fused-ring (bicyclic) bond motifs is 1. The molecule has 0 saturated carbocycles. The molecule has 0 spiro atoms. The van der Waals surface area contributed by atoms with Gasteiger partial charge in [0.15, 0.2) is 0 Å². The highest BCUT2D eigenvalue weighted by molar-refractivity contribution is 5.39. The van der Waals surface area contributed by atoms with Gasteiger partial charge in [-0.2, -0.15) is 0 Å². The maximum Gasteiger partial charge on any atom is 0.0568 e. The molecule has 1 aliphatic rings. The molecule has 1 aromatic carbocycles. The molecule has 0 saturated heterocycles. The Morgan fingerprint density at radius 3 is 3.00 bits per heavy atom. The predicted octanol–water partition coefficient (Wildman–Crippen LogP) is 2.11. The van der Waals surface area contributed by atoms with Crippen molar-refractivity contribution in [1.29, 1.82) is 0 Å². The molecule has 15 heavy (non-hydrogen) atoms. The second-order valence-electron chi connectivity index (χ2n) is 4.27. The molecular weight excluding hydrogens is 188 g/mol. The molecular formula is C13H18O2. The van der Waals surface area contributed by atoms with Crippen LogP contribution in [0.4, 0.5) is 0 Å². The van der Waals surface area contributed by atoms with Crippen LogP contribution in [0, 0.1) is 0 Å². The van der Waals surface area contributed by atoms with Gasteiger partial charge in [-0.05, 0) is 36.3 Å². The van der Waals surface area contributed by atoms with Crippen LogP contribution in [-0.2, 0) is 11.2 Å². The summed E-state index contributed by atoms with van der Waals surface area (Å²) in [6, 6.07) is 8.50. The minimum absolute atomic E-state index is 0.219. The fourth-order valence-corrected chi connectivity index (χ4v) is 2.27. The summed E-state index contributed by atoms with van der Waals surface area (Å²) in [4.78, 5) is 0. The van der Waals surface area contributed by atoms with Gasteiger partial charge in [0, 0.05) is 13.7 Å². The van der Waals surface area contributed by atoms with Crippen LogP contribution in [-0.4, -0.2) is 24.9 Å². The van der Waals surface area contributed by atoms with Crippen molar-refractivity contribution in [3.8, 4) is 0 Å². The maximum atomic E-state index is 9.76. The van der Waals surface area contributed by atoms with E-state index in [9.17, 15) is 5.11 Å². The first-order valence-corrected chi connectivity index (χ1v) is 5.56. The molecule has 0 aromatic heterocycles. The standard InChI is InChI=1S/C13H18O2/c1-15-7-6-12(14)9-11-8-10-4-2-3-5-13(10)11/h2-5,11-12,14H,6-9H2,1H3. The van der Waals surface area contributed by atoms with Crippen molar-refractivity contribution in [2.24, 2.45) is 0 Å². The molecule has 0 heterocycles. The first-order valence-electron chi connectivity index (χ1n) is 5.56. The van der Waals surface area contributed by atoms with E-state index in [-0.39, 0.29) is 6.10 Å². The molecule has 0 aliphatic heterocycles. The Bertz CT molecular complexity index is 322. The Hall–Kier alpha value is -0.860. The van der Waals surface area contributed by atoms with E-state index in [2.05, 4.69) is 24.3 Å². The average Bonchev–Trinajstić information content (AvgIpc) is 2.23. The zero-order chi connectivity index (χ0) is 10.7. The second-order valence-corrected chi connectivity index (χ2v) is 4.27. The number of hydrogen-bond donors (Lipinski definition) is 1. The van der Waals surface area contributed by atoms with E-state index >= 15 is 0 Å². The molecule has 2 unspecified atom stereocenters. The molecule has 1 aliphatic carbocycles. The average molecular weight is 206 g/mol. The summed E-state index contributed by atoms with van der Waals surface area (Å²) in [5, 5.41) is 9.76. The van der Waals surface area contributed by atoms with Crippen LogP contribution in [0.15, 0.2) is 24.3 Å². The molecule has 2 heteroatoms. The lowest BCUT2D eigenvalue weighted by Crippen LogP contribution is -2.23. The van der Waals surface area contributed by atoms with Crippen LogP contribution < -0.4 is 0 Å². The van der Waals surface area contributed by atoms with Crippen molar-refractivity contribution in [2.75, 3.05) is 13.7 Å². The van der Waals surface area contributed by atoms with Crippen LogP contribution in [0.2, 0.25) is 0 Å². The highest BCUT2D eigenvalue weighted by Crippen LogP contribution is 2.38. The third-order valence-electron chi connectivity index (χ3n) is 3.17. The van der Waals surface area contributed by atoms with Crippen LogP contribution >= 0.6 is 0 Å². The Morgan fingerprint density at radius 1 is 1.47 bits per heavy atom. The van der Waals surface area contributed by atoms with E-state index in [0.29, 0.717) is 12.5 Å². The van der Waals surface area contributed by atoms with E-state index in [1.54, 1.807) is 7.11 Å². The highest BCUT2D eigenvalue weighted by Gasteiger charge is 2.27. The third-order valence-corrected chi connectivity index (χ3v) is 3.17. The highest BCUT2D eigenvalue weighted by atomic mass is 16.5. The largest absolute Gasteiger partial charge is 0.393 e. The van der Waals surface area contributed by atoms with E-state index < -0.39 is 0 Å². The Kier molecular flexibility index (Phi) is 3.39. The summed E-state index contributed by atoms with van der Waals surface area (Å²) in [5.74, 6) is 0.563. The van der Waals surface area contributed by atoms with Gasteiger partial charge >= 0.3 is 0 Å². The van der Waals surface area contributed by atoms with Gasteiger partial charge in [0.05, 0.1) is 6.10 Å². The van der Waals surface area contributed by atoms with Crippen LogP contribution in [0.25, 0.3) is 0 Å². The normalized spacial score (nSPS) is 20.5. The number of methoxy groups -OCH3 is 1. The zero-order valence-electron chi connectivity index (χ0n) is 9.15. The summed E-state index contributed by atoms with van der Waals surface area (Å²) >= 11 is 0. The Morgan fingerprint density at radius 2 is 2.27 bits per heavy atom. The van der Waals surface area contributed by atoms with Gasteiger partial charge in [0.1, 0.15) is 0 Å². The van der Waals surface area contributed by atoms with Crippen molar-refractivity contribution in [2.45, 2.75) is 31.3 Å². The summed E-state index contributed by atoms with van der Waals surface area (Å²) in [5.41, 5.74) is 2.87.